The van der Waals surface area contributed by atoms with Gasteiger partial charge in [0, 0.05) is 54.6 Å². The zero-order valence-corrected chi connectivity index (χ0v) is 29.6. The Hall–Kier alpha value is -7.50. The van der Waals surface area contributed by atoms with Crippen LogP contribution in [-0.4, -0.2) is 23.7 Å². The minimum Gasteiger partial charge on any atom is -0.309 e. The van der Waals surface area contributed by atoms with Crippen LogP contribution in [-0.2, 0) is 0 Å². The molecule has 5 heteroatoms. The van der Waals surface area contributed by atoms with Gasteiger partial charge in [0.15, 0.2) is 0 Å². The van der Waals surface area contributed by atoms with Crippen LogP contribution in [0, 0.1) is 0 Å². The van der Waals surface area contributed by atoms with E-state index in [-0.39, 0.29) is 0 Å². The third-order valence-electron chi connectivity index (χ3n) is 11.3. The van der Waals surface area contributed by atoms with Gasteiger partial charge in [-0.2, -0.15) is 0 Å². The topological polar surface area (TPSA) is 40.6 Å². The summed E-state index contributed by atoms with van der Waals surface area (Å²) in [5, 5.41) is 8.25. The lowest BCUT2D eigenvalue weighted by Crippen LogP contribution is -2.05. The van der Waals surface area contributed by atoms with Gasteiger partial charge in [0.2, 0.25) is 5.95 Å². The molecule has 4 heterocycles. The Balaban J connectivity index is 1.17. The molecule has 12 rings (SSSR count). The van der Waals surface area contributed by atoms with Crippen LogP contribution in [0.3, 0.4) is 0 Å². The van der Waals surface area contributed by atoms with E-state index in [1.165, 1.54) is 32.6 Å². The Morgan fingerprint density at radius 3 is 1.29 bits per heavy atom. The monoisotopic (exact) mass is 701 g/mol. The first-order chi connectivity index (χ1) is 27.3. The summed E-state index contributed by atoms with van der Waals surface area (Å²) in [6.07, 6.45) is 0. The number of rotatable bonds is 4. The molecule has 0 atom stereocenters. The third-order valence-corrected chi connectivity index (χ3v) is 11.3. The van der Waals surface area contributed by atoms with Crippen molar-refractivity contribution < 1.29 is 0 Å². The van der Waals surface area contributed by atoms with Crippen LogP contribution in [0.2, 0.25) is 0 Å². The molecule has 0 amide bonds. The maximum atomic E-state index is 5.41. The first kappa shape index (κ1) is 30.0. The van der Waals surface area contributed by atoms with Crippen molar-refractivity contribution in [1.82, 2.24) is 23.7 Å². The normalized spacial score (nSPS) is 12.0. The number of hydrogen-bond acceptors (Lipinski definition) is 2. The van der Waals surface area contributed by atoms with E-state index in [0.29, 0.717) is 5.95 Å². The van der Waals surface area contributed by atoms with Crippen molar-refractivity contribution in [3.63, 3.8) is 0 Å². The van der Waals surface area contributed by atoms with Gasteiger partial charge < -0.3 is 9.13 Å². The summed E-state index contributed by atoms with van der Waals surface area (Å²) >= 11 is 0. The summed E-state index contributed by atoms with van der Waals surface area (Å²) in [4.78, 5) is 10.7. The van der Waals surface area contributed by atoms with Gasteiger partial charge in [-0.1, -0.05) is 133 Å². The number of benzene rings is 8. The van der Waals surface area contributed by atoms with E-state index in [9.17, 15) is 0 Å². The van der Waals surface area contributed by atoms with Crippen molar-refractivity contribution >= 4 is 76.3 Å². The summed E-state index contributed by atoms with van der Waals surface area (Å²) in [7, 11) is 0. The Morgan fingerprint density at radius 1 is 0.291 bits per heavy atom. The summed E-state index contributed by atoms with van der Waals surface area (Å²) in [5.41, 5.74) is 11.9. The average Bonchev–Trinajstić information content (AvgIpc) is 3.90. The summed E-state index contributed by atoms with van der Waals surface area (Å²) in [6.45, 7) is 0. The summed E-state index contributed by atoms with van der Waals surface area (Å²) in [6, 6.07) is 67.1. The van der Waals surface area contributed by atoms with Gasteiger partial charge in [0.25, 0.3) is 0 Å². The van der Waals surface area contributed by atoms with Crippen LogP contribution >= 0.6 is 0 Å². The molecule has 0 radical (unpaired) electrons. The molecule has 0 bridgehead atoms. The standard InChI is InChI=1S/C50H31N5/c1-2-14-32(15-3-1)47-41-20-4-9-21-42(41)51-50(52-47)55-46-25-13-8-19-38(46)40-31-30-39-37-18-7-12-24-45(37)54(48(39)49(40)55)34-28-26-33(27-29-34)53-43-22-10-5-16-35(43)36-17-6-11-23-44(36)53/h1-31H. The van der Waals surface area contributed by atoms with Crippen molar-refractivity contribution in [1.29, 1.82) is 0 Å². The molecule has 0 spiro atoms. The first-order valence-corrected chi connectivity index (χ1v) is 18.7. The highest BCUT2D eigenvalue weighted by Crippen LogP contribution is 2.42. The molecule has 8 aromatic carbocycles. The number of aromatic nitrogens is 5. The van der Waals surface area contributed by atoms with Crippen molar-refractivity contribution in [3.05, 3.63) is 188 Å². The fourth-order valence-corrected chi connectivity index (χ4v) is 8.91. The molecule has 5 nitrogen and oxygen atoms in total. The van der Waals surface area contributed by atoms with Gasteiger partial charge in [0.05, 0.1) is 44.3 Å². The minimum absolute atomic E-state index is 0.648. The fraction of sp³-hybridized carbons (Fsp3) is 0. The lowest BCUT2D eigenvalue weighted by Gasteiger charge is -2.14. The van der Waals surface area contributed by atoms with E-state index in [4.69, 9.17) is 9.97 Å². The molecule has 0 unspecified atom stereocenters. The number of fused-ring (bicyclic) bond motifs is 11. The molecule has 0 saturated heterocycles. The second-order valence-corrected chi connectivity index (χ2v) is 14.2. The third kappa shape index (κ3) is 4.29. The fourth-order valence-electron chi connectivity index (χ4n) is 8.91. The molecule has 0 N–H and O–H groups in total. The van der Waals surface area contributed by atoms with E-state index in [1.54, 1.807) is 0 Å². The molecule has 12 aromatic rings. The Kier molecular flexibility index (Phi) is 6.27. The maximum absolute atomic E-state index is 5.41. The van der Waals surface area contributed by atoms with Crippen molar-refractivity contribution in [2.24, 2.45) is 0 Å². The van der Waals surface area contributed by atoms with Gasteiger partial charge in [-0.05, 0) is 54.6 Å². The smallest absolute Gasteiger partial charge is 0.235 e. The molecular formula is C50H31N5. The number of para-hydroxylation sites is 5. The molecule has 256 valence electrons. The van der Waals surface area contributed by atoms with Gasteiger partial charge >= 0.3 is 0 Å². The van der Waals surface area contributed by atoms with Gasteiger partial charge in [-0.15, -0.1) is 0 Å². The molecule has 0 saturated carbocycles. The predicted octanol–water partition coefficient (Wildman–Crippen LogP) is 12.6. The van der Waals surface area contributed by atoms with E-state index in [1.807, 2.05) is 6.07 Å². The van der Waals surface area contributed by atoms with Gasteiger partial charge in [-0.25, -0.2) is 9.97 Å². The highest BCUT2D eigenvalue weighted by Gasteiger charge is 2.23. The Morgan fingerprint density at radius 2 is 0.709 bits per heavy atom. The Bertz CT molecular complexity index is 3420. The Labute approximate surface area is 315 Å². The first-order valence-electron chi connectivity index (χ1n) is 18.7. The number of hydrogen-bond donors (Lipinski definition) is 0. The zero-order chi connectivity index (χ0) is 36.0. The van der Waals surface area contributed by atoms with Crippen LogP contribution in [0.25, 0.3) is 105 Å². The van der Waals surface area contributed by atoms with Crippen LogP contribution in [0.1, 0.15) is 0 Å². The average molecular weight is 702 g/mol. The van der Waals surface area contributed by atoms with Crippen molar-refractivity contribution in [2.75, 3.05) is 0 Å². The van der Waals surface area contributed by atoms with Crippen LogP contribution in [0.15, 0.2) is 188 Å². The molecule has 4 aromatic heterocycles. The summed E-state index contributed by atoms with van der Waals surface area (Å²) < 4.78 is 7.09. The molecular weight excluding hydrogens is 671 g/mol. The summed E-state index contributed by atoms with van der Waals surface area (Å²) in [5.74, 6) is 0.648. The second kappa shape index (κ2) is 11.5. The van der Waals surface area contributed by atoms with Crippen LogP contribution < -0.4 is 0 Å². The van der Waals surface area contributed by atoms with Crippen molar-refractivity contribution in [3.8, 4) is 28.6 Å². The van der Waals surface area contributed by atoms with E-state index in [0.717, 1.165) is 66.4 Å². The van der Waals surface area contributed by atoms with Gasteiger partial charge in [0.1, 0.15) is 0 Å². The van der Waals surface area contributed by atoms with Crippen LogP contribution in [0.5, 0.6) is 0 Å². The zero-order valence-electron chi connectivity index (χ0n) is 29.6. The van der Waals surface area contributed by atoms with E-state index in [2.05, 4.69) is 196 Å². The molecule has 0 aliphatic heterocycles. The quantitative estimate of drug-likeness (QED) is 0.183. The number of nitrogens with zero attached hydrogens (tertiary/aromatic N) is 5. The molecule has 0 aliphatic carbocycles. The van der Waals surface area contributed by atoms with Gasteiger partial charge in [-0.3, -0.25) is 4.57 Å². The van der Waals surface area contributed by atoms with Crippen LogP contribution in [0.4, 0.5) is 0 Å². The molecule has 0 fully saturated rings. The highest BCUT2D eigenvalue weighted by molar-refractivity contribution is 6.23. The van der Waals surface area contributed by atoms with E-state index < -0.39 is 0 Å². The lowest BCUT2D eigenvalue weighted by atomic mass is 10.1. The highest BCUT2D eigenvalue weighted by atomic mass is 15.2. The minimum atomic E-state index is 0.648. The van der Waals surface area contributed by atoms with E-state index >= 15 is 0 Å². The molecule has 55 heavy (non-hydrogen) atoms. The lowest BCUT2D eigenvalue weighted by molar-refractivity contribution is 1.01. The maximum Gasteiger partial charge on any atom is 0.235 e. The SMILES string of the molecule is c1ccc(-c2nc(-n3c4ccccc4c4ccc5c6ccccc6n(-c6ccc(-n7c8ccccc8c8ccccc87)cc6)c5c43)nc3ccccc23)cc1. The second-order valence-electron chi connectivity index (χ2n) is 14.2. The molecule has 0 aliphatic rings. The predicted molar refractivity (Wildman–Crippen MR) is 228 cm³/mol. The van der Waals surface area contributed by atoms with Crippen molar-refractivity contribution in [2.45, 2.75) is 0 Å². The largest absolute Gasteiger partial charge is 0.309 e.